The van der Waals surface area contributed by atoms with Gasteiger partial charge in [-0.3, -0.25) is 9.59 Å². The molecule has 2 aromatic carbocycles. The molecule has 7 nitrogen and oxygen atoms in total. The summed E-state index contributed by atoms with van der Waals surface area (Å²) in [5.41, 5.74) is 2.31. The van der Waals surface area contributed by atoms with Gasteiger partial charge in [0.05, 0.1) is 25.8 Å². The molecule has 1 heterocycles. The normalized spacial score (nSPS) is 17.8. The van der Waals surface area contributed by atoms with Crippen molar-refractivity contribution in [1.29, 1.82) is 0 Å². The van der Waals surface area contributed by atoms with Crippen LogP contribution in [0.15, 0.2) is 48.0 Å². The van der Waals surface area contributed by atoms with E-state index in [0.717, 1.165) is 17.7 Å². The molecule has 0 aliphatic carbocycles. The quantitative estimate of drug-likeness (QED) is 0.387. The average molecular weight is 439 g/mol. The van der Waals surface area contributed by atoms with E-state index in [9.17, 15) is 14.7 Å². The first kappa shape index (κ1) is 23.3. The van der Waals surface area contributed by atoms with Gasteiger partial charge >= 0.3 is 0 Å². The van der Waals surface area contributed by atoms with E-state index in [-0.39, 0.29) is 11.3 Å². The smallest absolute Gasteiger partial charge is 0.295 e. The van der Waals surface area contributed by atoms with Crippen molar-refractivity contribution in [2.45, 2.75) is 19.4 Å². The minimum absolute atomic E-state index is 0.0796. The Hall–Kier alpha value is -3.32. The van der Waals surface area contributed by atoms with E-state index < -0.39 is 17.7 Å². The molecule has 0 spiro atoms. The number of hydrogen-bond donors (Lipinski definition) is 1. The number of aliphatic hydroxyl groups is 1. The van der Waals surface area contributed by atoms with E-state index in [1.807, 2.05) is 50.2 Å². The zero-order valence-electron chi connectivity index (χ0n) is 19.2. The Morgan fingerprint density at radius 1 is 1.03 bits per heavy atom. The van der Waals surface area contributed by atoms with Crippen molar-refractivity contribution < 1.29 is 24.2 Å². The van der Waals surface area contributed by atoms with Crippen LogP contribution in [0.5, 0.6) is 11.5 Å². The number of carbonyl (C=O) groups excluding carboxylic acids is 2. The summed E-state index contributed by atoms with van der Waals surface area (Å²) < 4.78 is 10.6. The number of ether oxygens (including phenoxy) is 2. The lowest BCUT2D eigenvalue weighted by Crippen LogP contribution is -2.32. The van der Waals surface area contributed by atoms with E-state index in [0.29, 0.717) is 30.0 Å². The van der Waals surface area contributed by atoms with Gasteiger partial charge in [-0.15, -0.1) is 0 Å². The predicted octanol–water partition coefficient (Wildman–Crippen LogP) is 3.39. The molecule has 32 heavy (non-hydrogen) atoms. The number of rotatable bonds is 8. The molecular formula is C25H30N2O5. The maximum absolute atomic E-state index is 13.1. The molecule has 0 aromatic heterocycles. The number of nitrogens with zero attached hydrogens (tertiary/aromatic N) is 2. The monoisotopic (exact) mass is 438 g/mol. The molecule has 0 saturated carbocycles. The van der Waals surface area contributed by atoms with Crippen molar-refractivity contribution in [2.24, 2.45) is 0 Å². The number of aliphatic hydroxyl groups excluding tert-OH is 1. The van der Waals surface area contributed by atoms with E-state index in [2.05, 4.69) is 0 Å². The lowest BCUT2D eigenvalue weighted by molar-refractivity contribution is -0.139. The Labute approximate surface area is 188 Å². The Kier molecular flexibility index (Phi) is 7.20. The van der Waals surface area contributed by atoms with Gasteiger partial charge in [-0.25, -0.2) is 0 Å². The first-order chi connectivity index (χ1) is 15.3. The van der Waals surface area contributed by atoms with Gasteiger partial charge in [-0.1, -0.05) is 29.8 Å². The molecule has 3 rings (SSSR count). The van der Waals surface area contributed by atoms with Crippen LogP contribution < -0.4 is 9.47 Å². The second kappa shape index (κ2) is 9.87. The van der Waals surface area contributed by atoms with E-state index in [4.69, 9.17) is 9.47 Å². The summed E-state index contributed by atoms with van der Waals surface area (Å²) in [5.74, 6) is -0.596. The van der Waals surface area contributed by atoms with Gasteiger partial charge in [0.25, 0.3) is 11.7 Å². The fourth-order valence-electron chi connectivity index (χ4n) is 3.90. The second-order valence-corrected chi connectivity index (χ2v) is 8.13. The van der Waals surface area contributed by atoms with Crippen LogP contribution in [0.25, 0.3) is 5.76 Å². The van der Waals surface area contributed by atoms with Crippen LogP contribution in [0.2, 0.25) is 0 Å². The first-order valence-electron chi connectivity index (χ1n) is 10.5. The number of amides is 1. The lowest BCUT2D eigenvalue weighted by atomic mass is 9.94. The van der Waals surface area contributed by atoms with Crippen LogP contribution in [-0.4, -0.2) is 68.0 Å². The number of likely N-dealkylation sites (tertiary alicyclic amines) is 1. The van der Waals surface area contributed by atoms with Gasteiger partial charge in [-0.2, -0.15) is 0 Å². The molecule has 1 atom stereocenters. The van der Waals surface area contributed by atoms with Crippen molar-refractivity contribution in [2.75, 3.05) is 41.4 Å². The number of aryl methyl sites for hydroxylation is 1. The number of benzene rings is 2. The highest BCUT2D eigenvalue weighted by Gasteiger charge is 2.45. The fourth-order valence-corrected chi connectivity index (χ4v) is 3.90. The summed E-state index contributed by atoms with van der Waals surface area (Å²) in [6, 6.07) is 11.9. The highest BCUT2D eigenvalue weighted by Crippen LogP contribution is 2.40. The summed E-state index contributed by atoms with van der Waals surface area (Å²) in [6.45, 7) is 3.16. The molecule has 1 aliphatic heterocycles. The Morgan fingerprint density at radius 3 is 2.28 bits per heavy atom. The topological polar surface area (TPSA) is 79.3 Å². The fraction of sp³-hybridized carbons (Fsp3) is 0.360. The van der Waals surface area contributed by atoms with Crippen LogP contribution in [0.4, 0.5) is 0 Å². The number of hydrogen-bond acceptors (Lipinski definition) is 6. The largest absolute Gasteiger partial charge is 0.507 e. The highest BCUT2D eigenvalue weighted by atomic mass is 16.5. The maximum Gasteiger partial charge on any atom is 0.295 e. The van der Waals surface area contributed by atoms with Gasteiger partial charge in [0.15, 0.2) is 11.5 Å². The lowest BCUT2D eigenvalue weighted by Gasteiger charge is -2.26. The van der Waals surface area contributed by atoms with Crippen molar-refractivity contribution in [3.8, 4) is 11.5 Å². The number of carbonyl (C=O) groups is 2. The molecule has 1 N–H and O–H groups in total. The number of methoxy groups -OCH3 is 2. The molecule has 1 amide bonds. The van der Waals surface area contributed by atoms with Crippen molar-refractivity contribution in [1.82, 2.24) is 9.80 Å². The maximum atomic E-state index is 13.1. The summed E-state index contributed by atoms with van der Waals surface area (Å²) >= 11 is 0. The van der Waals surface area contributed by atoms with Crippen LogP contribution in [0, 0.1) is 6.92 Å². The Morgan fingerprint density at radius 2 is 1.69 bits per heavy atom. The Bertz CT molecular complexity index is 1030. The third-order valence-electron chi connectivity index (χ3n) is 5.59. The van der Waals surface area contributed by atoms with Gasteiger partial charge in [0, 0.05) is 12.1 Å². The summed E-state index contributed by atoms with van der Waals surface area (Å²) in [5, 5.41) is 11.2. The molecule has 0 radical (unpaired) electrons. The van der Waals surface area contributed by atoms with Crippen molar-refractivity contribution >= 4 is 17.4 Å². The zero-order valence-corrected chi connectivity index (χ0v) is 19.2. The summed E-state index contributed by atoms with van der Waals surface area (Å²) in [6.07, 6.45) is 0.707. The molecule has 170 valence electrons. The van der Waals surface area contributed by atoms with Crippen molar-refractivity contribution in [3.63, 3.8) is 0 Å². The standard InChI is InChI=1S/C25H30N2O5/c1-16-7-9-17(10-8-16)22-21(24(29)25(30)27(22)14-6-13-26(2)3)23(28)18-11-12-19(31-4)20(15-18)32-5/h7-12,15,22,28H,6,13-14H2,1-5H3/b23-21+/t22-/m1/s1. The molecule has 1 fully saturated rings. The van der Waals surface area contributed by atoms with Gasteiger partial charge in [0.1, 0.15) is 5.76 Å². The molecule has 7 heteroatoms. The van der Waals surface area contributed by atoms with Crippen LogP contribution in [0.3, 0.4) is 0 Å². The molecule has 1 saturated heterocycles. The highest BCUT2D eigenvalue weighted by molar-refractivity contribution is 6.46. The molecule has 0 bridgehead atoms. The molecular weight excluding hydrogens is 408 g/mol. The minimum Gasteiger partial charge on any atom is -0.507 e. The van der Waals surface area contributed by atoms with Crippen molar-refractivity contribution in [3.05, 3.63) is 64.7 Å². The Balaban J connectivity index is 2.11. The number of Topliss-reactive ketones (excluding diaryl/α,β-unsaturated/α-hetero) is 1. The van der Waals surface area contributed by atoms with Crippen LogP contribution >= 0.6 is 0 Å². The minimum atomic E-state index is -0.687. The average Bonchev–Trinajstić information content (AvgIpc) is 3.03. The summed E-state index contributed by atoms with van der Waals surface area (Å²) in [4.78, 5) is 29.6. The zero-order chi connectivity index (χ0) is 23.4. The van der Waals surface area contributed by atoms with E-state index >= 15 is 0 Å². The van der Waals surface area contributed by atoms with Crippen LogP contribution in [0.1, 0.15) is 29.2 Å². The van der Waals surface area contributed by atoms with Crippen LogP contribution in [-0.2, 0) is 9.59 Å². The molecule has 0 unspecified atom stereocenters. The van der Waals surface area contributed by atoms with Gasteiger partial charge in [-0.05, 0) is 57.7 Å². The van der Waals surface area contributed by atoms with E-state index in [1.54, 1.807) is 23.1 Å². The third kappa shape index (κ3) is 4.62. The molecule has 1 aliphatic rings. The number of ketones is 1. The van der Waals surface area contributed by atoms with Gasteiger partial charge < -0.3 is 24.4 Å². The molecule has 2 aromatic rings. The third-order valence-corrected chi connectivity index (χ3v) is 5.59. The van der Waals surface area contributed by atoms with Gasteiger partial charge in [0.2, 0.25) is 0 Å². The second-order valence-electron chi connectivity index (χ2n) is 8.13. The SMILES string of the molecule is COc1ccc(/C(O)=C2\C(=O)C(=O)N(CCCN(C)C)[C@@H]2c2ccc(C)cc2)cc1OC. The first-order valence-corrected chi connectivity index (χ1v) is 10.5. The summed E-state index contributed by atoms with van der Waals surface area (Å²) in [7, 11) is 6.94. The van der Waals surface area contributed by atoms with E-state index in [1.165, 1.54) is 14.2 Å². The predicted molar refractivity (Wildman–Crippen MR) is 123 cm³/mol.